The summed E-state index contributed by atoms with van der Waals surface area (Å²) < 4.78 is 6.30. The lowest BCUT2D eigenvalue weighted by molar-refractivity contribution is 0.139. The monoisotopic (exact) mass is 669 g/mol. The fourth-order valence-electron chi connectivity index (χ4n) is 6.62. The first-order valence-corrected chi connectivity index (χ1v) is 16.8. The molecule has 2 aliphatic heterocycles. The molecule has 3 aromatic carbocycles. The van der Waals surface area contributed by atoms with Crippen LogP contribution in [0.25, 0.3) is 0 Å². The number of aliphatic imine (C=N–C) groups is 1. The SMILES string of the molecule is CCOc1cc(C(C)(C)C)ncc1C1=NC(C)(c2ccc(Cl)cc2)C(C)(c2ccc(Cl)cc2)N1C(=O)N1CCCNc2ccccc21. The number of halogens is 2. The van der Waals surface area contributed by atoms with Crippen molar-refractivity contribution in [2.24, 2.45) is 4.99 Å². The van der Waals surface area contributed by atoms with Gasteiger partial charge in [0.25, 0.3) is 0 Å². The van der Waals surface area contributed by atoms with Gasteiger partial charge in [0, 0.05) is 46.5 Å². The molecule has 47 heavy (non-hydrogen) atoms. The number of rotatable bonds is 5. The molecule has 2 aliphatic rings. The molecule has 6 rings (SSSR count). The van der Waals surface area contributed by atoms with E-state index in [2.05, 4.69) is 39.9 Å². The van der Waals surface area contributed by atoms with Crippen LogP contribution in [-0.2, 0) is 16.5 Å². The van der Waals surface area contributed by atoms with Crippen molar-refractivity contribution >= 4 is 46.4 Å². The topological polar surface area (TPSA) is 70.1 Å². The highest BCUT2D eigenvalue weighted by Crippen LogP contribution is 2.54. The summed E-state index contributed by atoms with van der Waals surface area (Å²) in [7, 11) is 0. The minimum Gasteiger partial charge on any atom is -0.493 e. The Labute approximate surface area is 287 Å². The molecular weight excluding hydrogens is 629 g/mol. The van der Waals surface area contributed by atoms with Gasteiger partial charge in [-0.05, 0) is 74.7 Å². The Kier molecular flexibility index (Phi) is 8.75. The molecule has 0 radical (unpaired) electrons. The molecule has 2 atom stereocenters. The predicted molar refractivity (Wildman–Crippen MR) is 192 cm³/mol. The van der Waals surface area contributed by atoms with E-state index in [9.17, 15) is 0 Å². The highest BCUT2D eigenvalue weighted by Gasteiger charge is 2.60. The average Bonchev–Trinajstić information content (AvgIpc) is 3.15. The normalized spacial score (nSPS) is 21.1. The number of anilines is 2. The number of amides is 2. The zero-order valence-corrected chi connectivity index (χ0v) is 29.3. The molecule has 9 heteroatoms. The summed E-state index contributed by atoms with van der Waals surface area (Å²) in [5.41, 5.74) is 2.84. The molecule has 0 bridgehead atoms. The summed E-state index contributed by atoms with van der Waals surface area (Å²) in [6.45, 7) is 14.2. The second-order valence-corrected chi connectivity index (χ2v) is 14.3. The van der Waals surface area contributed by atoms with Gasteiger partial charge in [-0.25, -0.2) is 4.79 Å². The van der Waals surface area contributed by atoms with E-state index in [-0.39, 0.29) is 11.4 Å². The first-order chi connectivity index (χ1) is 22.4. The number of nitrogens with one attached hydrogen (secondary N) is 1. The Bertz CT molecular complexity index is 1820. The second kappa shape index (κ2) is 12.5. The van der Waals surface area contributed by atoms with E-state index >= 15 is 4.79 Å². The maximum atomic E-state index is 15.5. The van der Waals surface area contributed by atoms with Gasteiger partial charge in [-0.15, -0.1) is 0 Å². The average molecular weight is 671 g/mol. The van der Waals surface area contributed by atoms with E-state index < -0.39 is 11.1 Å². The van der Waals surface area contributed by atoms with Crippen LogP contribution < -0.4 is 15.0 Å². The predicted octanol–water partition coefficient (Wildman–Crippen LogP) is 9.42. The van der Waals surface area contributed by atoms with Gasteiger partial charge in [-0.3, -0.25) is 19.8 Å². The summed E-state index contributed by atoms with van der Waals surface area (Å²) in [6, 6.07) is 25.1. The van der Waals surface area contributed by atoms with E-state index in [4.69, 9.17) is 37.9 Å². The van der Waals surface area contributed by atoms with Crippen LogP contribution in [0, 0.1) is 0 Å². The van der Waals surface area contributed by atoms with Crippen LogP contribution in [0.5, 0.6) is 5.75 Å². The van der Waals surface area contributed by atoms with Crippen molar-refractivity contribution in [3.63, 3.8) is 0 Å². The molecule has 0 saturated heterocycles. The first kappa shape index (κ1) is 32.9. The summed E-state index contributed by atoms with van der Waals surface area (Å²) >= 11 is 12.8. The molecule has 0 saturated carbocycles. The molecule has 244 valence electrons. The summed E-state index contributed by atoms with van der Waals surface area (Å²) in [5.74, 6) is 1.11. The number of hydrogen-bond donors (Lipinski definition) is 1. The maximum absolute atomic E-state index is 15.5. The Hall–Kier alpha value is -4.07. The molecule has 2 amide bonds. The zero-order valence-electron chi connectivity index (χ0n) is 27.8. The van der Waals surface area contributed by atoms with E-state index in [0.29, 0.717) is 40.3 Å². The van der Waals surface area contributed by atoms with Crippen molar-refractivity contribution in [2.75, 3.05) is 29.9 Å². The van der Waals surface area contributed by atoms with E-state index in [1.54, 1.807) is 6.20 Å². The first-order valence-electron chi connectivity index (χ1n) is 16.1. The molecule has 4 aromatic rings. The van der Waals surface area contributed by atoms with Gasteiger partial charge < -0.3 is 10.1 Å². The minimum absolute atomic E-state index is 0.197. The molecule has 3 heterocycles. The molecule has 2 unspecified atom stereocenters. The van der Waals surface area contributed by atoms with E-state index in [1.165, 1.54) is 0 Å². The van der Waals surface area contributed by atoms with Crippen molar-refractivity contribution < 1.29 is 9.53 Å². The Balaban J connectivity index is 1.65. The van der Waals surface area contributed by atoms with Gasteiger partial charge in [-0.1, -0.05) is 80.4 Å². The van der Waals surface area contributed by atoms with Crippen molar-refractivity contribution in [1.82, 2.24) is 9.88 Å². The standard InChI is InChI=1S/C38H41Cl2N5O2/c1-7-47-32-23-33(36(2,3)4)42-24-29(32)34-43-37(5,25-13-17-27(39)18-14-25)38(6,26-15-19-28(40)20-16-26)45(34)35(46)44-22-10-21-41-30-11-8-9-12-31(30)44/h8-9,11-20,23-24,41H,7,10,21-22H2,1-6H3. The fraction of sp³-hybridized carbons (Fsp3) is 0.342. The summed E-state index contributed by atoms with van der Waals surface area (Å²) in [4.78, 5) is 29.6. The molecule has 0 fully saturated rings. The largest absolute Gasteiger partial charge is 0.493 e. The number of hydrogen-bond acceptors (Lipinski definition) is 5. The highest BCUT2D eigenvalue weighted by atomic mass is 35.5. The third-order valence-corrected chi connectivity index (χ3v) is 9.92. The van der Waals surface area contributed by atoms with Crippen molar-refractivity contribution in [1.29, 1.82) is 0 Å². The molecule has 0 aliphatic carbocycles. The summed E-state index contributed by atoms with van der Waals surface area (Å²) in [6.07, 6.45) is 2.58. The number of carbonyl (C=O) groups is 1. The smallest absolute Gasteiger partial charge is 0.331 e. The Morgan fingerprint density at radius 3 is 2.23 bits per heavy atom. The number of pyridine rings is 1. The van der Waals surface area contributed by atoms with E-state index in [1.807, 2.05) is 95.6 Å². The number of amidine groups is 1. The van der Waals surface area contributed by atoms with Gasteiger partial charge in [0.05, 0.1) is 23.5 Å². The number of urea groups is 1. The van der Waals surface area contributed by atoms with Gasteiger partial charge in [0.2, 0.25) is 0 Å². The number of fused-ring (bicyclic) bond motifs is 1. The van der Waals surface area contributed by atoms with Gasteiger partial charge in [-0.2, -0.15) is 0 Å². The number of benzene rings is 3. The number of para-hydroxylation sites is 2. The van der Waals surface area contributed by atoms with Crippen LogP contribution >= 0.6 is 23.2 Å². The third-order valence-electron chi connectivity index (χ3n) is 9.42. The second-order valence-electron chi connectivity index (χ2n) is 13.4. The van der Waals surface area contributed by atoms with E-state index in [0.717, 1.165) is 41.2 Å². The molecule has 1 aromatic heterocycles. The molecule has 0 spiro atoms. The number of carbonyl (C=O) groups excluding carboxylic acids is 1. The van der Waals surface area contributed by atoms with Crippen LogP contribution in [0.4, 0.5) is 16.2 Å². The van der Waals surface area contributed by atoms with Gasteiger partial charge in [0.1, 0.15) is 22.7 Å². The highest BCUT2D eigenvalue weighted by molar-refractivity contribution is 6.30. The lowest BCUT2D eigenvalue weighted by Gasteiger charge is -2.46. The molecule has 1 N–H and O–H groups in total. The van der Waals surface area contributed by atoms with Crippen LogP contribution in [0.2, 0.25) is 10.0 Å². The zero-order chi connectivity index (χ0) is 33.6. The Morgan fingerprint density at radius 1 is 0.957 bits per heavy atom. The maximum Gasteiger partial charge on any atom is 0.331 e. The fourth-order valence-corrected chi connectivity index (χ4v) is 6.87. The lowest BCUT2D eigenvalue weighted by Crippen LogP contribution is -2.58. The quantitative estimate of drug-likeness (QED) is 0.230. The lowest BCUT2D eigenvalue weighted by atomic mass is 9.71. The van der Waals surface area contributed by atoms with Crippen LogP contribution in [-0.4, -0.2) is 41.4 Å². The Morgan fingerprint density at radius 2 is 1.60 bits per heavy atom. The van der Waals surface area contributed by atoms with Gasteiger partial charge in [0.15, 0.2) is 0 Å². The number of nitrogens with zero attached hydrogens (tertiary/aromatic N) is 4. The third kappa shape index (κ3) is 5.74. The summed E-state index contributed by atoms with van der Waals surface area (Å²) in [5, 5.41) is 4.72. The van der Waals surface area contributed by atoms with Crippen LogP contribution in [0.3, 0.4) is 0 Å². The number of ether oxygens (including phenoxy) is 1. The van der Waals surface area contributed by atoms with Crippen LogP contribution in [0.15, 0.2) is 90.1 Å². The minimum atomic E-state index is -1.03. The molecular formula is C38H41Cl2N5O2. The van der Waals surface area contributed by atoms with Crippen molar-refractivity contribution in [2.45, 2.75) is 64.5 Å². The number of aromatic nitrogens is 1. The van der Waals surface area contributed by atoms with Gasteiger partial charge >= 0.3 is 6.03 Å². The van der Waals surface area contributed by atoms with Crippen molar-refractivity contribution in [3.8, 4) is 5.75 Å². The van der Waals surface area contributed by atoms with Crippen molar-refractivity contribution in [3.05, 3.63) is 117 Å². The molecule has 7 nitrogen and oxygen atoms in total. The van der Waals surface area contributed by atoms with Crippen LogP contribution in [0.1, 0.15) is 70.3 Å².